The van der Waals surface area contributed by atoms with Crippen LogP contribution >= 0.6 is 0 Å². The Hall–Kier alpha value is -2.64. The number of pyridine rings is 1. The molecule has 8 heteroatoms. The van der Waals surface area contributed by atoms with E-state index in [1.54, 1.807) is 6.33 Å². The fourth-order valence-corrected chi connectivity index (χ4v) is 1.57. The van der Waals surface area contributed by atoms with Gasteiger partial charge in [-0.3, -0.25) is 0 Å². The summed E-state index contributed by atoms with van der Waals surface area (Å²) in [7, 11) is 0. The number of nitrogens with one attached hydrogen (secondary N) is 1. The Balaban J connectivity index is 2.15. The quantitative estimate of drug-likeness (QED) is 0.721. The number of carbonyl (C=O) groups is 1. The molecule has 0 saturated heterocycles. The van der Waals surface area contributed by atoms with Gasteiger partial charge in [0.1, 0.15) is 6.33 Å². The Labute approximate surface area is 109 Å². The van der Waals surface area contributed by atoms with Gasteiger partial charge in [-0.15, -0.1) is 10.2 Å². The third-order valence-electron chi connectivity index (χ3n) is 2.60. The summed E-state index contributed by atoms with van der Waals surface area (Å²) in [4.78, 5) is 14.8. The van der Waals surface area contributed by atoms with E-state index in [1.807, 2.05) is 11.5 Å². The van der Waals surface area contributed by atoms with E-state index in [0.717, 1.165) is 12.4 Å². The number of nitrogen functional groups attached to an aromatic ring is 1. The molecule has 0 saturated carbocycles. The lowest BCUT2D eigenvalue weighted by atomic mass is 10.3. The number of carboxylic acid groups (broad SMARTS) is 1. The average Bonchev–Trinajstić information content (AvgIpc) is 2.85. The van der Waals surface area contributed by atoms with Crippen LogP contribution in [0.5, 0.6) is 0 Å². The van der Waals surface area contributed by atoms with Crippen LogP contribution in [0.25, 0.3) is 0 Å². The smallest absolute Gasteiger partial charge is 0.354 e. The van der Waals surface area contributed by atoms with E-state index in [4.69, 9.17) is 10.8 Å². The van der Waals surface area contributed by atoms with Crippen molar-refractivity contribution in [1.29, 1.82) is 0 Å². The first-order chi connectivity index (χ1) is 9.11. The highest BCUT2D eigenvalue weighted by molar-refractivity contribution is 5.86. The molecular weight excluding hydrogens is 248 g/mol. The monoisotopic (exact) mass is 262 g/mol. The zero-order valence-corrected chi connectivity index (χ0v) is 10.4. The van der Waals surface area contributed by atoms with Crippen LogP contribution in [0.15, 0.2) is 18.5 Å². The maximum Gasteiger partial charge on any atom is 0.354 e. The predicted molar refractivity (Wildman–Crippen MR) is 68.6 cm³/mol. The van der Waals surface area contributed by atoms with Crippen molar-refractivity contribution in [3.8, 4) is 0 Å². The standard InChI is InChI=1S/C11H14N6O2/c1-2-17-6-14-16-9(17)5-13-10-7(12)3-4-8(15-10)11(18)19/h3-4,6H,2,5,12H2,1H3,(H,13,15)(H,18,19). The van der Waals surface area contributed by atoms with Crippen LogP contribution in [0.2, 0.25) is 0 Å². The van der Waals surface area contributed by atoms with Crippen molar-refractivity contribution in [2.75, 3.05) is 11.1 Å². The van der Waals surface area contributed by atoms with Gasteiger partial charge in [0, 0.05) is 6.54 Å². The molecule has 0 aliphatic carbocycles. The summed E-state index contributed by atoms with van der Waals surface area (Å²) in [6, 6.07) is 2.86. The molecule has 0 bridgehead atoms. The Morgan fingerprint density at radius 1 is 1.53 bits per heavy atom. The van der Waals surface area contributed by atoms with Gasteiger partial charge in [0.25, 0.3) is 0 Å². The SMILES string of the molecule is CCn1cnnc1CNc1nc(C(=O)O)ccc1N. The number of aryl methyl sites for hydroxylation is 1. The fraction of sp³-hybridized carbons (Fsp3) is 0.273. The van der Waals surface area contributed by atoms with E-state index in [-0.39, 0.29) is 5.69 Å². The van der Waals surface area contributed by atoms with Crippen molar-refractivity contribution < 1.29 is 9.90 Å². The molecule has 0 radical (unpaired) electrons. The van der Waals surface area contributed by atoms with Crippen molar-refractivity contribution in [2.24, 2.45) is 0 Å². The van der Waals surface area contributed by atoms with Gasteiger partial charge in [-0.25, -0.2) is 9.78 Å². The number of nitrogens with two attached hydrogens (primary N) is 1. The topological polar surface area (TPSA) is 119 Å². The van der Waals surface area contributed by atoms with Crippen LogP contribution < -0.4 is 11.1 Å². The van der Waals surface area contributed by atoms with E-state index in [2.05, 4.69) is 20.5 Å². The Kier molecular flexibility index (Phi) is 3.60. The molecule has 2 aromatic heterocycles. The molecule has 2 rings (SSSR count). The highest BCUT2D eigenvalue weighted by Crippen LogP contribution is 2.16. The maximum absolute atomic E-state index is 10.8. The van der Waals surface area contributed by atoms with Gasteiger partial charge in [0.15, 0.2) is 17.3 Å². The van der Waals surface area contributed by atoms with Crippen molar-refractivity contribution in [1.82, 2.24) is 19.7 Å². The molecule has 0 unspecified atom stereocenters. The van der Waals surface area contributed by atoms with E-state index < -0.39 is 5.97 Å². The molecule has 4 N–H and O–H groups in total. The second-order valence-electron chi connectivity index (χ2n) is 3.83. The number of hydrogen-bond donors (Lipinski definition) is 3. The summed E-state index contributed by atoms with van der Waals surface area (Å²) in [6.45, 7) is 3.10. The zero-order valence-electron chi connectivity index (χ0n) is 10.4. The van der Waals surface area contributed by atoms with Crippen LogP contribution in [-0.4, -0.2) is 30.8 Å². The highest BCUT2D eigenvalue weighted by Gasteiger charge is 2.09. The summed E-state index contributed by atoms with van der Waals surface area (Å²) < 4.78 is 1.87. The Bertz CT molecular complexity index is 595. The largest absolute Gasteiger partial charge is 0.477 e. The predicted octanol–water partition coefficient (Wildman–Crippen LogP) is 0.585. The third-order valence-corrected chi connectivity index (χ3v) is 2.60. The molecule has 19 heavy (non-hydrogen) atoms. The summed E-state index contributed by atoms with van der Waals surface area (Å²) in [5, 5.41) is 19.6. The van der Waals surface area contributed by atoms with Crippen LogP contribution in [0.3, 0.4) is 0 Å². The second kappa shape index (κ2) is 5.34. The lowest BCUT2D eigenvalue weighted by molar-refractivity contribution is 0.0690. The van der Waals surface area contributed by atoms with Gasteiger partial charge in [0.2, 0.25) is 0 Å². The third kappa shape index (κ3) is 2.79. The van der Waals surface area contributed by atoms with Gasteiger partial charge in [-0.1, -0.05) is 0 Å². The molecule has 0 aliphatic rings. The van der Waals surface area contributed by atoms with Gasteiger partial charge < -0.3 is 20.7 Å². The number of carboxylic acids is 1. The number of aromatic nitrogens is 4. The molecule has 0 fully saturated rings. The first kappa shape index (κ1) is 12.8. The molecule has 0 aliphatic heterocycles. The minimum atomic E-state index is -1.10. The van der Waals surface area contributed by atoms with E-state index in [0.29, 0.717) is 18.1 Å². The number of anilines is 2. The van der Waals surface area contributed by atoms with E-state index in [9.17, 15) is 4.79 Å². The van der Waals surface area contributed by atoms with E-state index in [1.165, 1.54) is 12.1 Å². The van der Waals surface area contributed by atoms with Crippen molar-refractivity contribution in [3.05, 3.63) is 30.0 Å². The van der Waals surface area contributed by atoms with Gasteiger partial charge in [-0.2, -0.15) is 0 Å². The molecule has 0 amide bonds. The molecule has 2 heterocycles. The van der Waals surface area contributed by atoms with Crippen molar-refractivity contribution in [3.63, 3.8) is 0 Å². The summed E-state index contributed by atoms with van der Waals surface area (Å²) in [5.74, 6) is -0.0465. The van der Waals surface area contributed by atoms with Gasteiger partial charge in [0.05, 0.1) is 12.2 Å². The molecule has 100 valence electrons. The van der Waals surface area contributed by atoms with Crippen LogP contribution in [0.1, 0.15) is 23.2 Å². The lowest BCUT2D eigenvalue weighted by Crippen LogP contribution is -2.11. The van der Waals surface area contributed by atoms with Gasteiger partial charge in [-0.05, 0) is 19.1 Å². The number of aromatic carboxylic acids is 1. The highest BCUT2D eigenvalue weighted by atomic mass is 16.4. The summed E-state index contributed by atoms with van der Waals surface area (Å²) in [6.07, 6.45) is 1.63. The summed E-state index contributed by atoms with van der Waals surface area (Å²) >= 11 is 0. The molecule has 0 aromatic carbocycles. The first-order valence-electron chi connectivity index (χ1n) is 5.72. The zero-order chi connectivity index (χ0) is 13.8. The average molecular weight is 262 g/mol. The molecule has 2 aromatic rings. The first-order valence-corrected chi connectivity index (χ1v) is 5.72. The Morgan fingerprint density at radius 2 is 2.32 bits per heavy atom. The lowest BCUT2D eigenvalue weighted by Gasteiger charge is -2.09. The number of rotatable bonds is 5. The maximum atomic E-state index is 10.8. The van der Waals surface area contributed by atoms with Gasteiger partial charge >= 0.3 is 5.97 Å². The minimum absolute atomic E-state index is 0.0614. The molecule has 8 nitrogen and oxygen atoms in total. The molecule has 0 atom stereocenters. The number of nitrogens with zero attached hydrogens (tertiary/aromatic N) is 4. The van der Waals surface area contributed by atoms with Crippen molar-refractivity contribution in [2.45, 2.75) is 20.0 Å². The minimum Gasteiger partial charge on any atom is -0.477 e. The van der Waals surface area contributed by atoms with Crippen LogP contribution in [0, 0.1) is 0 Å². The van der Waals surface area contributed by atoms with Crippen LogP contribution in [-0.2, 0) is 13.1 Å². The Morgan fingerprint density at radius 3 is 3.00 bits per heavy atom. The fourth-order valence-electron chi connectivity index (χ4n) is 1.57. The summed E-state index contributed by atoms with van der Waals surface area (Å²) in [5.41, 5.74) is 6.06. The van der Waals surface area contributed by atoms with Crippen molar-refractivity contribution >= 4 is 17.5 Å². The number of hydrogen-bond acceptors (Lipinski definition) is 6. The van der Waals surface area contributed by atoms with E-state index >= 15 is 0 Å². The second-order valence-corrected chi connectivity index (χ2v) is 3.83. The van der Waals surface area contributed by atoms with Crippen LogP contribution in [0.4, 0.5) is 11.5 Å². The molecular formula is C11H14N6O2. The normalized spacial score (nSPS) is 10.4. The molecule has 0 spiro atoms.